The first kappa shape index (κ1) is 19.0. The molecular weight excluding hydrogens is 300 g/mol. The van der Waals surface area contributed by atoms with Crippen molar-refractivity contribution in [1.82, 2.24) is 9.88 Å². The first-order valence-corrected chi connectivity index (χ1v) is 9.69. The number of carbonyl (C=O) groups is 1. The van der Waals surface area contributed by atoms with Crippen molar-refractivity contribution in [2.24, 2.45) is 0 Å². The molecule has 0 spiro atoms. The van der Waals surface area contributed by atoms with E-state index in [0.29, 0.717) is 12.6 Å². The minimum absolute atomic E-state index is 0.0544. The number of aryl methyl sites for hydroxylation is 1. The second kappa shape index (κ2) is 9.87. The highest BCUT2D eigenvalue weighted by Crippen LogP contribution is 2.32. The normalized spacial score (nSPS) is 15.6. The molecule has 0 unspecified atom stereocenters. The van der Waals surface area contributed by atoms with Crippen LogP contribution in [0.5, 0.6) is 0 Å². The summed E-state index contributed by atoms with van der Waals surface area (Å²) in [5, 5.41) is 3.04. The molecule has 1 amide bonds. The van der Waals surface area contributed by atoms with E-state index in [-0.39, 0.29) is 5.91 Å². The van der Waals surface area contributed by atoms with Crippen molar-refractivity contribution in [1.29, 1.82) is 0 Å². The van der Waals surface area contributed by atoms with Gasteiger partial charge < -0.3 is 14.6 Å². The van der Waals surface area contributed by atoms with Crippen LogP contribution >= 0.6 is 0 Å². The lowest BCUT2D eigenvalue weighted by Gasteiger charge is -2.26. The van der Waals surface area contributed by atoms with E-state index in [1.54, 1.807) is 0 Å². The van der Waals surface area contributed by atoms with Crippen molar-refractivity contribution in [2.75, 3.05) is 19.8 Å². The minimum Gasteiger partial charge on any atom is -0.381 e. The van der Waals surface area contributed by atoms with Gasteiger partial charge in [-0.25, -0.2) is 0 Å². The molecule has 0 aliphatic heterocycles. The van der Waals surface area contributed by atoms with E-state index >= 15 is 0 Å². The van der Waals surface area contributed by atoms with Crippen molar-refractivity contribution < 1.29 is 9.53 Å². The van der Waals surface area contributed by atoms with E-state index < -0.39 is 0 Å². The summed E-state index contributed by atoms with van der Waals surface area (Å²) in [5.74, 6) is 0.0544. The van der Waals surface area contributed by atoms with Crippen LogP contribution in [0.2, 0.25) is 0 Å². The number of nitrogens with zero attached hydrogens (tertiary/aromatic N) is 1. The SMILES string of the molecule is CCCCOCCCNC(=O)c1cc(C)n(C2CCCCC2)c1C. The Labute approximate surface area is 147 Å². The lowest BCUT2D eigenvalue weighted by Crippen LogP contribution is -2.26. The number of ether oxygens (including phenoxy) is 1. The van der Waals surface area contributed by atoms with Crippen LogP contribution in [0.15, 0.2) is 6.07 Å². The molecule has 1 heterocycles. The highest BCUT2D eigenvalue weighted by molar-refractivity contribution is 5.95. The number of nitrogens with one attached hydrogen (secondary N) is 1. The molecule has 0 bridgehead atoms. The molecule has 0 atom stereocenters. The Balaban J connectivity index is 1.84. The Morgan fingerprint density at radius 3 is 2.62 bits per heavy atom. The van der Waals surface area contributed by atoms with Crippen molar-refractivity contribution in [3.63, 3.8) is 0 Å². The number of amides is 1. The number of unbranched alkanes of at least 4 members (excludes halogenated alkanes) is 1. The lowest BCUT2D eigenvalue weighted by molar-refractivity contribution is 0.0939. The molecule has 1 fully saturated rings. The molecule has 2 rings (SSSR count). The topological polar surface area (TPSA) is 43.3 Å². The predicted octanol–water partition coefficient (Wildman–Crippen LogP) is 4.55. The average Bonchev–Trinajstić information content (AvgIpc) is 2.89. The number of hydrogen-bond acceptors (Lipinski definition) is 2. The van der Waals surface area contributed by atoms with E-state index in [1.807, 2.05) is 0 Å². The van der Waals surface area contributed by atoms with Crippen LogP contribution < -0.4 is 5.32 Å². The molecule has 1 N–H and O–H groups in total. The van der Waals surface area contributed by atoms with Crippen LogP contribution in [-0.2, 0) is 4.74 Å². The molecular formula is C20H34N2O2. The fraction of sp³-hybridized carbons (Fsp3) is 0.750. The van der Waals surface area contributed by atoms with E-state index in [0.717, 1.165) is 43.7 Å². The molecule has 4 nitrogen and oxygen atoms in total. The molecule has 4 heteroatoms. The van der Waals surface area contributed by atoms with Gasteiger partial charge in [0.1, 0.15) is 0 Å². The van der Waals surface area contributed by atoms with Gasteiger partial charge in [-0.15, -0.1) is 0 Å². The second-order valence-corrected chi connectivity index (χ2v) is 7.02. The highest BCUT2D eigenvalue weighted by Gasteiger charge is 2.22. The molecule has 1 aliphatic carbocycles. The number of rotatable bonds is 9. The van der Waals surface area contributed by atoms with Gasteiger partial charge in [-0.2, -0.15) is 0 Å². The second-order valence-electron chi connectivity index (χ2n) is 7.02. The van der Waals surface area contributed by atoms with Crippen LogP contribution in [-0.4, -0.2) is 30.2 Å². The first-order chi connectivity index (χ1) is 11.6. The maximum atomic E-state index is 12.5. The van der Waals surface area contributed by atoms with Gasteiger partial charge >= 0.3 is 0 Å². The van der Waals surface area contributed by atoms with Gasteiger partial charge in [-0.05, 0) is 45.6 Å². The Hall–Kier alpha value is -1.29. The van der Waals surface area contributed by atoms with Crippen LogP contribution in [0.1, 0.15) is 86.1 Å². The zero-order chi connectivity index (χ0) is 17.4. The summed E-state index contributed by atoms with van der Waals surface area (Å²) in [7, 11) is 0. The summed E-state index contributed by atoms with van der Waals surface area (Å²) in [5.41, 5.74) is 3.17. The maximum Gasteiger partial charge on any atom is 0.253 e. The van der Waals surface area contributed by atoms with E-state index in [1.165, 1.54) is 37.8 Å². The molecule has 1 aromatic heterocycles. The average molecular weight is 335 g/mol. The lowest BCUT2D eigenvalue weighted by atomic mass is 9.95. The summed E-state index contributed by atoms with van der Waals surface area (Å²) in [6.45, 7) is 8.60. The van der Waals surface area contributed by atoms with Crippen LogP contribution in [0, 0.1) is 13.8 Å². The Bertz CT molecular complexity index is 516. The van der Waals surface area contributed by atoms with Crippen molar-refractivity contribution in [3.8, 4) is 0 Å². The van der Waals surface area contributed by atoms with Crippen LogP contribution in [0.4, 0.5) is 0 Å². The summed E-state index contributed by atoms with van der Waals surface area (Å²) < 4.78 is 7.92. The minimum atomic E-state index is 0.0544. The van der Waals surface area contributed by atoms with Gasteiger partial charge in [-0.1, -0.05) is 32.6 Å². The van der Waals surface area contributed by atoms with E-state index in [4.69, 9.17) is 4.74 Å². The van der Waals surface area contributed by atoms with Crippen molar-refractivity contribution in [2.45, 2.75) is 78.2 Å². The Morgan fingerprint density at radius 1 is 1.21 bits per heavy atom. The number of hydrogen-bond donors (Lipinski definition) is 1. The summed E-state index contributed by atoms with van der Waals surface area (Å²) in [6.07, 6.45) is 9.59. The fourth-order valence-corrected chi connectivity index (χ4v) is 3.73. The van der Waals surface area contributed by atoms with Gasteiger partial charge in [0.2, 0.25) is 0 Å². The zero-order valence-electron chi connectivity index (χ0n) is 15.7. The van der Waals surface area contributed by atoms with Gasteiger partial charge in [0.25, 0.3) is 5.91 Å². The zero-order valence-corrected chi connectivity index (χ0v) is 15.7. The van der Waals surface area contributed by atoms with Crippen molar-refractivity contribution >= 4 is 5.91 Å². The Morgan fingerprint density at radius 2 is 1.92 bits per heavy atom. The largest absolute Gasteiger partial charge is 0.381 e. The summed E-state index contributed by atoms with van der Waals surface area (Å²) in [6, 6.07) is 2.63. The van der Waals surface area contributed by atoms with E-state index in [2.05, 4.69) is 36.7 Å². The quantitative estimate of drug-likeness (QED) is 0.673. The highest BCUT2D eigenvalue weighted by atomic mass is 16.5. The monoisotopic (exact) mass is 334 g/mol. The van der Waals surface area contributed by atoms with Gasteiger partial charge in [0, 0.05) is 37.2 Å². The molecule has 1 aliphatic rings. The maximum absolute atomic E-state index is 12.5. The molecule has 0 radical (unpaired) electrons. The third-order valence-electron chi connectivity index (χ3n) is 5.06. The summed E-state index contributed by atoms with van der Waals surface area (Å²) in [4.78, 5) is 12.5. The molecule has 1 saturated carbocycles. The van der Waals surface area contributed by atoms with Gasteiger partial charge in [0.05, 0.1) is 5.56 Å². The molecule has 136 valence electrons. The fourth-order valence-electron chi connectivity index (χ4n) is 3.73. The van der Waals surface area contributed by atoms with Crippen LogP contribution in [0.25, 0.3) is 0 Å². The predicted molar refractivity (Wildman–Crippen MR) is 98.7 cm³/mol. The molecule has 0 saturated heterocycles. The third-order valence-corrected chi connectivity index (χ3v) is 5.06. The van der Waals surface area contributed by atoms with Crippen LogP contribution in [0.3, 0.4) is 0 Å². The first-order valence-electron chi connectivity index (χ1n) is 9.69. The number of carbonyl (C=O) groups excluding carboxylic acids is 1. The van der Waals surface area contributed by atoms with Gasteiger partial charge in [-0.3, -0.25) is 4.79 Å². The molecule has 24 heavy (non-hydrogen) atoms. The smallest absolute Gasteiger partial charge is 0.253 e. The summed E-state index contributed by atoms with van der Waals surface area (Å²) >= 11 is 0. The molecule has 0 aromatic carbocycles. The Kier molecular flexibility index (Phi) is 7.83. The third kappa shape index (κ3) is 5.10. The molecule has 1 aromatic rings. The number of aromatic nitrogens is 1. The van der Waals surface area contributed by atoms with E-state index in [9.17, 15) is 4.79 Å². The van der Waals surface area contributed by atoms with Crippen molar-refractivity contribution in [3.05, 3.63) is 23.0 Å². The van der Waals surface area contributed by atoms with Gasteiger partial charge in [0.15, 0.2) is 0 Å². The standard InChI is InChI=1S/C20H34N2O2/c1-4-5-13-24-14-9-12-21-20(23)19-15-16(2)22(17(19)3)18-10-7-6-8-11-18/h15,18H,4-14H2,1-3H3,(H,21,23).